The molecular formula is C24H17ClN2S. The van der Waals surface area contributed by atoms with Crippen LogP contribution in [0.4, 0.5) is 22.7 Å². The minimum Gasteiger partial charge on any atom is -0.354 e. The second-order valence-electron chi connectivity index (χ2n) is 6.61. The number of benzene rings is 4. The van der Waals surface area contributed by atoms with Gasteiger partial charge in [-0.1, -0.05) is 65.8 Å². The number of para-hydroxylation sites is 2. The molecule has 0 aromatic heterocycles. The highest BCUT2D eigenvalue weighted by Crippen LogP contribution is 2.47. The largest absolute Gasteiger partial charge is 0.354 e. The minimum absolute atomic E-state index is 0.753. The van der Waals surface area contributed by atoms with Crippen molar-refractivity contribution in [2.24, 2.45) is 0 Å². The lowest BCUT2D eigenvalue weighted by Crippen LogP contribution is -2.03. The van der Waals surface area contributed by atoms with E-state index in [0.29, 0.717) is 0 Å². The number of hydrogen-bond donors (Lipinski definition) is 2. The van der Waals surface area contributed by atoms with Gasteiger partial charge in [-0.3, -0.25) is 0 Å². The predicted molar refractivity (Wildman–Crippen MR) is 120 cm³/mol. The minimum atomic E-state index is 0.753. The zero-order chi connectivity index (χ0) is 18.9. The predicted octanol–water partition coefficient (Wildman–Crippen LogP) is 7.96. The van der Waals surface area contributed by atoms with Gasteiger partial charge >= 0.3 is 0 Å². The average molecular weight is 401 g/mol. The van der Waals surface area contributed by atoms with Gasteiger partial charge in [0.05, 0.1) is 17.1 Å². The normalized spacial score (nSPS) is 11.9. The van der Waals surface area contributed by atoms with E-state index in [2.05, 4.69) is 77.4 Å². The SMILES string of the molecule is Clc1ccc(-c2ccc(Nc3cccc4c3Nc3ccccc3S4)cc2)cc1. The lowest BCUT2D eigenvalue weighted by molar-refractivity contribution is 1.31. The van der Waals surface area contributed by atoms with Crippen molar-refractivity contribution >= 4 is 46.1 Å². The summed E-state index contributed by atoms with van der Waals surface area (Å²) >= 11 is 7.78. The van der Waals surface area contributed by atoms with Gasteiger partial charge in [-0.15, -0.1) is 0 Å². The molecule has 1 heterocycles. The molecule has 0 fully saturated rings. The molecule has 4 aromatic rings. The summed E-state index contributed by atoms with van der Waals surface area (Å²) in [5.74, 6) is 0. The average Bonchev–Trinajstić information content (AvgIpc) is 2.74. The highest BCUT2D eigenvalue weighted by atomic mass is 35.5. The fraction of sp³-hybridized carbons (Fsp3) is 0. The topological polar surface area (TPSA) is 24.1 Å². The summed E-state index contributed by atoms with van der Waals surface area (Å²) in [5.41, 5.74) is 6.71. The zero-order valence-corrected chi connectivity index (χ0v) is 16.5. The van der Waals surface area contributed by atoms with E-state index < -0.39 is 0 Å². The first-order valence-electron chi connectivity index (χ1n) is 9.06. The standard InChI is InChI=1S/C24H17ClN2S/c25-18-12-8-16(9-13-18)17-10-14-19(15-11-17)26-21-5-3-7-23-24(21)27-20-4-1-2-6-22(20)28-23/h1-15,26-27H. The lowest BCUT2D eigenvalue weighted by Gasteiger charge is -2.23. The molecule has 1 aliphatic heterocycles. The number of hydrogen-bond acceptors (Lipinski definition) is 3. The van der Waals surface area contributed by atoms with E-state index in [1.165, 1.54) is 15.4 Å². The number of rotatable bonds is 3. The van der Waals surface area contributed by atoms with Crippen molar-refractivity contribution in [1.29, 1.82) is 0 Å². The van der Waals surface area contributed by atoms with E-state index in [1.54, 1.807) is 11.8 Å². The summed E-state index contributed by atoms with van der Waals surface area (Å²) in [7, 11) is 0. The van der Waals surface area contributed by atoms with Gasteiger partial charge in [0, 0.05) is 20.5 Å². The van der Waals surface area contributed by atoms with Crippen LogP contribution in [0, 0.1) is 0 Å². The molecule has 1 aliphatic rings. The van der Waals surface area contributed by atoms with Crippen LogP contribution in [0.2, 0.25) is 5.02 Å². The van der Waals surface area contributed by atoms with Gasteiger partial charge in [-0.05, 0) is 59.7 Å². The van der Waals surface area contributed by atoms with Crippen LogP contribution in [0.1, 0.15) is 0 Å². The zero-order valence-electron chi connectivity index (χ0n) is 14.9. The van der Waals surface area contributed by atoms with E-state index >= 15 is 0 Å². The Bertz CT molecular complexity index is 1140. The van der Waals surface area contributed by atoms with E-state index in [1.807, 2.05) is 24.3 Å². The van der Waals surface area contributed by atoms with E-state index in [-0.39, 0.29) is 0 Å². The molecule has 5 rings (SSSR count). The van der Waals surface area contributed by atoms with Gasteiger partial charge in [0.15, 0.2) is 0 Å². The Labute approximate surface area is 173 Å². The Balaban J connectivity index is 1.41. The molecule has 0 unspecified atom stereocenters. The second kappa shape index (κ2) is 7.27. The van der Waals surface area contributed by atoms with Crippen molar-refractivity contribution < 1.29 is 0 Å². The fourth-order valence-corrected chi connectivity index (χ4v) is 4.45. The van der Waals surface area contributed by atoms with Gasteiger partial charge in [0.2, 0.25) is 0 Å². The molecule has 4 heteroatoms. The molecule has 28 heavy (non-hydrogen) atoms. The van der Waals surface area contributed by atoms with Gasteiger partial charge in [0.1, 0.15) is 0 Å². The molecule has 4 aromatic carbocycles. The summed E-state index contributed by atoms with van der Waals surface area (Å²) < 4.78 is 0. The lowest BCUT2D eigenvalue weighted by atomic mass is 10.1. The first-order valence-corrected chi connectivity index (χ1v) is 10.3. The summed E-state index contributed by atoms with van der Waals surface area (Å²) in [6.07, 6.45) is 0. The Kier molecular flexibility index (Phi) is 4.47. The smallest absolute Gasteiger partial charge is 0.0765 e. The first kappa shape index (κ1) is 17.2. The molecule has 2 N–H and O–H groups in total. The summed E-state index contributed by atoms with van der Waals surface area (Å²) in [5, 5.41) is 7.88. The Morgan fingerprint density at radius 2 is 1.36 bits per heavy atom. The molecule has 0 radical (unpaired) electrons. The maximum Gasteiger partial charge on any atom is 0.0765 e. The fourth-order valence-electron chi connectivity index (χ4n) is 3.31. The van der Waals surface area contributed by atoms with Crippen molar-refractivity contribution in [2.45, 2.75) is 9.79 Å². The molecule has 0 aliphatic carbocycles. The van der Waals surface area contributed by atoms with Crippen LogP contribution in [-0.4, -0.2) is 0 Å². The van der Waals surface area contributed by atoms with Crippen molar-refractivity contribution in [3.05, 3.63) is 96.0 Å². The molecule has 2 nitrogen and oxygen atoms in total. The van der Waals surface area contributed by atoms with Crippen molar-refractivity contribution in [2.75, 3.05) is 10.6 Å². The molecule has 0 amide bonds. The third kappa shape index (κ3) is 3.35. The van der Waals surface area contributed by atoms with Crippen molar-refractivity contribution in [1.82, 2.24) is 0 Å². The van der Waals surface area contributed by atoms with Gasteiger partial charge in [-0.25, -0.2) is 0 Å². The van der Waals surface area contributed by atoms with E-state index in [4.69, 9.17) is 11.6 Å². The number of nitrogens with one attached hydrogen (secondary N) is 2. The molecule has 0 saturated heterocycles. The second-order valence-corrected chi connectivity index (χ2v) is 8.13. The highest BCUT2D eigenvalue weighted by Gasteiger charge is 2.17. The first-order chi connectivity index (χ1) is 13.8. The third-order valence-electron chi connectivity index (χ3n) is 4.73. The van der Waals surface area contributed by atoms with Crippen LogP contribution in [0.25, 0.3) is 11.1 Å². The third-order valence-corrected chi connectivity index (χ3v) is 6.12. The maximum absolute atomic E-state index is 5.99. The number of fused-ring (bicyclic) bond motifs is 2. The summed E-state index contributed by atoms with van der Waals surface area (Å²) in [6.45, 7) is 0. The molecule has 0 bridgehead atoms. The van der Waals surface area contributed by atoms with Crippen molar-refractivity contribution in [3.63, 3.8) is 0 Å². The van der Waals surface area contributed by atoms with Gasteiger partial charge in [0.25, 0.3) is 0 Å². The number of anilines is 4. The van der Waals surface area contributed by atoms with Crippen LogP contribution in [0.3, 0.4) is 0 Å². The summed E-state index contributed by atoms with van der Waals surface area (Å²) in [6, 6.07) is 31.1. The van der Waals surface area contributed by atoms with Crippen LogP contribution >= 0.6 is 23.4 Å². The molecule has 136 valence electrons. The highest BCUT2D eigenvalue weighted by molar-refractivity contribution is 7.99. The van der Waals surface area contributed by atoms with Gasteiger partial charge in [-0.2, -0.15) is 0 Å². The Morgan fingerprint density at radius 3 is 2.14 bits per heavy atom. The van der Waals surface area contributed by atoms with Crippen molar-refractivity contribution in [3.8, 4) is 11.1 Å². The van der Waals surface area contributed by atoms with Crippen LogP contribution < -0.4 is 10.6 Å². The summed E-state index contributed by atoms with van der Waals surface area (Å²) in [4.78, 5) is 2.47. The van der Waals surface area contributed by atoms with Gasteiger partial charge < -0.3 is 10.6 Å². The van der Waals surface area contributed by atoms with E-state index in [0.717, 1.165) is 33.3 Å². The molecule has 0 saturated carbocycles. The molecule has 0 spiro atoms. The molecule has 0 atom stereocenters. The van der Waals surface area contributed by atoms with Crippen LogP contribution in [0.15, 0.2) is 101 Å². The molecular weight excluding hydrogens is 384 g/mol. The quantitative estimate of drug-likeness (QED) is 0.321. The Hall–Kier alpha value is -2.88. The van der Waals surface area contributed by atoms with Crippen LogP contribution in [-0.2, 0) is 0 Å². The van der Waals surface area contributed by atoms with E-state index in [9.17, 15) is 0 Å². The van der Waals surface area contributed by atoms with Crippen LogP contribution in [0.5, 0.6) is 0 Å². The number of halogens is 1. The maximum atomic E-state index is 5.99. The monoisotopic (exact) mass is 400 g/mol. The Morgan fingerprint density at radius 1 is 0.679 bits per heavy atom.